The van der Waals surface area contributed by atoms with Crippen LogP contribution in [-0.2, 0) is 20.9 Å². The first kappa shape index (κ1) is 23.3. The largest absolute Gasteiger partial charge is 0.496 e. The molecule has 0 spiro atoms. The first-order valence-electron chi connectivity index (χ1n) is 11.2. The molecule has 1 saturated carbocycles. The second-order valence-electron chi connectivity index (χ2n) is 8.54. The minimum absolute atomic E-state index is 0.149. The van der Waals surface area contributed by atoms with E-state index in [2.05, 4.69) is 5.32 Å². The first-order valence-corrected chi connectivity index (χ1v) is 11.2. The smallest absolute Gasteiger partial charge is 0.306 e. The molecule has 0 amide bonds. The Kier molecular flexibility index (Phi) is 7.05. The van der Waals surface area contributed by atoms with Crippen LogP contribution in [0, 0.1) is 18.7 Å². The lowest BCUT2D eigenvalue weighted by molar-refractivity contribution is -0.146. The van der Waals surface area contributed by atoms with Gasteiger partial charge in [0, 0.05) is 29.8 Å². The van der Waals surface area contributed by atoms with Crippen molar-refractivity contribution in [1.82, 2.24) is 0 Å². The molecule has 1 heterocycles. The molecular weight excluding hydrogens is 429 g/mol. The van der Waals surface area contributed by atoms with Gasteiger partial charge in [-0.25, -0.2) is 4.39 Å². The fourth-order valence-electron chi connectivity index (χ4n) is 4.17. The predicted octanol–water partition coefficient (Wildman–Crippen LogP) is 4.75. The van der Waals surface area contributed by atoms with Crippen LogP contribution in [0.1, 0.15) is 36.8 Å². The number of rotatable bonds is 9. The van der Waals surface area contributed by atoms with Crippen LogP contribution in [-0.4, -0.2) is 44.2 Å². The molecule has 2 aromatic rings. The van der Waals surface area contributed by atoms with Crippen molar-refractivity contribution in [3.05, 3.63) is 41.2 Å². The van der Waals surface area contributed by atoms with Gasteiger partial charge in [0.2, 0.25) is 0 Å². The van der Waals surface area contributed by atoms with Crippen molar-refractivity contribution in [1.29, 1.82) is 0 Å². The number of carbonyl (C=O) groups is 1. The number of nitrogens with one attached hydrogen (secondary N) is 1. The van der Waals surface area contributed by atoms with Gasteiger partial charge in [0.15, 0.2) is 11.6 Å². The zero-order valence-electron chi connectivity index (χ0n) is 19.2. The van der Waals surface area contributed by atoms with Gasteiger partial charge in [-0.2, -0.15) is 0 Å². The molecule has 178 valence electrons. The van der Waals surface area contributed by atoms with Crippen LogP contribution in [0.25, 0.3) is 11.1 Å². The minimum atomic E-state index is -0.809. The number of aliphatic carboxylic acids is 1. The van der Waals surface area contributed by atoms with Gasteiger partial charge < -0.3 is 29.4 Å². The lowest BCUT2D eigenvalue weighted by Gasteiger charge is -2.29. The van der Waals surface area contributed by atoms with E-state index < -0.39 is 23.9 Å². The van der Waals surface area contributed by atoms with Gasteiger partial charge in [-0.3, -0.25) is 4.79 Å². The molecule has 33 heavy (non-hydrogen) atoms. The van der Waals surface area contributed by atoms with Gasteiger partial charge in [0.1, 0.15) is 12.0 Å². The number of carboxylic acids is 1. The summed E-state index contributed by atoms with van der Waals surface area (Å²) in [5.74, 6) is -1.01. The molecule has 1 aliphatic carbocycles. The van der Waals surface area contributed by atoms with Crippen LogP contribution >= 0.6 is 0 Å². The molecular formula is C25H30FNO6. The van der Waals surface area contributed by atoms with Gasteiger partial charge in [0.25, 0.3) is 0 Å². The van der Waals surface area contributed by atoms with Crippen molar-refractivity contribution in [2.75, 3.05) is 26.1 Å². The third-order valence-electron chi connectivity index (χ3n) is 6.20. The molecule has 2 aromatic carbocycles. The number of anilines is 1. The molecule has 1 saturated heterocycles. The Morgan fingerprint density at radius 1 is 1.18 bits per heavy atom. The van der Waals surface area contributed by atoms with Crippen molar-refractivity contribution in [3.63, 3.8) is 0 Å². The second-order valence-corrected chi connectivity index (χ2v) is 8.54. The Morgan fingerprint density at radius 3 is 2.64 bits per heavy atom. The Labute approximate surface area is 192 Å². The minimum Gasteiger partial charge on any atom is -0.496 e. The van der Waals surface area contributed by atoms with Crippen LogP contribution in [0.3, 0.4) is 0 Å². The van der Waals surface area contributed by atoms with Gasteiger partial charge >= 0.3 is 5.97 Å². The molecule has 8 heteroatoms. The lowest BCUT2D eigenvalue weighted by atomic mass is 9.96. The number of hydrogen-bond acceptors (Lipinski definition) is 6. The van der Waals surface area contributed by atoms with Gasteiger partial charge in [-0.1, -0.05) is 6.07 Å². The zero-order valence-corrected chi connectivity index (χ0v) is 19.2. The standard InChI is InChI=1S/C25H30FNO6/c1-14-21(30-2)12-20(23(26)24(14)31-3)19-7-4-17(10-16(19)13-33-18-5-6-18)27-22-11-15(25(28)29)8-9-32-22/h4,7,10,12,15,18,22,27H,5-6,8-9,11,13H2,1-3H3,(H,28,29). The van der Waals surface area contributed by atoms with Crippen molar-refractivity contribution in [2.24, 2.45) is 5.92 Å². The normalized spacial score (nSPS) is 20.4. The van der Waals surface area contributed by atoms with E-state index in [4.69, 9.17) is 18.9 Å². The summed E-state index contributed by atoms with van der Waals surface area (Å²) in [5, 5.41) is 12.6. The summed E-state index contributed by atoms with van der Waals surface area (Å²) in [6.07, 6.45) is 2.77. The van der Waals surface area contributed by atoms with Crippen LogP contribution < -0.4 is 14.8 Å². The third kappa shape index (κ3) is 5.23. The van der Waals surface area contributed by atoms with E-state index in [1.54, 1.807) is 20.1 Å². The van der Waals surface area contributed by atoms with E-state index in [0.29, 0.717) is 48.5 Å². The highest BCUT2D eigenvalue weighted by molar-refractivity contribution is 5.75. The van der Waals surface area contributed by atoms with Crippen LogP contribution in [0.5, 0.6) is 11.5 Å². The number of methoxy groups -OCH3 is 2. The van der Waals surface area contributed by atoms with Gasteiger partial charge in [-0.15, -0.1) is 0 Å². The maximum absolute atomic E-state index is 15.4. The molecule has 7 nitrogen and oxygen atoms in total. The van der Waals surface area contributed by atoms with E-state index in [0.717, 1.165) is 24.1 Å². The highest BCUT2D eigenvalue weighted by Gasteiger charge is 2.28. The Bertz CT molecular complexity index is 1020. The Balaban J connectivity index is 1.66. The average molecular weight is 460 g/mol. The quantitative estimate of drug-likeness (QED) is 0.560. The zero-order chi connectivity index (χ0) is 23.5. The summed E-state index contributed by atoms with van der Waals surface area (Å²) in [4.78, 5) is 11.4. The number of ether oxygens (including phenoxy) is 4. The average Bonchev–Trinajstić information content (AvgIpc) is 3.63. The molecule has 2 unspecified atom stereocenters. The summed E-state index contributed by atoms with van der Waals surface area (Å²) in [7, 11) is 2.98. The summed E-state index contributed by atoms with van der Waals surface area (Å²) in [6, 6.07) is 7.25. The summed E-state index contributed by atoms with van der Waals surface area (Å²) in [5.41, 5.74) is 3.22. The number of hydrogen-bond donors (Lipinski definition) is 2. The van der Waals surface area contributed by atoms with Gasteiger partial charge in [-0.05, 0) is 55.5 Å². The number of carboxylic acid groups (broad SMARTS) is 1. The van der Waals surface area contributed by atoms with Crippen LogP contribution in [0.15, 0.2) is 24.3 Å². The van der Waals surface area contributed by atoms with Gasteiger partial charge in [0.05, 0.1) is 32.8 Å². The highest BCUT2D eigenvalue weighted by atomic mass is 19.1. The summed E-state index contributed by atoms with van der Waals surface area (Å²) < 4.78 is 37.8. The number of benzene rings is 2. The first-order chi connectivity index (χ1) is 15.9. The molecule has 1 aliphatic heterocycles. The second kappa shape index (κ2) is 9.97. The van der Waals surface area contributed by atoms with E-state index >= 15 is 4.39 Å². The van der Waals surface area contributed by atoms with Crippen molar-refractivity contribution < 1.29 is 33.2 Å². The topological polar surface area (TPSA) is 86.3 Å². The molecule has 4 rings (SSSR count). The van der Waals surface area contributed by atoms with Crippen molar-refractivity contribution in [2.45, 2.75) is 51.5 Å². The van der Waals surface area contributed by atoms with E-state index in [9.17, 15) is 9.90 Å². The predicted molar refractivity (Wildman–Crippen MR) is 121 cm³/mol. The van der Waals surface area contributed by atoms with Crippen LogP contribution in [0.4, 0.5) is 10.1 Å². The third-order valence-corrected chi connectivity index (χ3v) is 6.20. The molecule has 0 radical (unpaired) electrons. The summed E-state index contributed by atoms with van der Waals surface area (Å²) >= 11 is 0. The molecule has 0 bridgehead atoms. The Hall–Kier alpha value is -2.84. The monoisotopic (exact) mass is 459 g/mol. The van der Waals surface area contributed by atoms with E-state index in [1.165, 1.54) is 7.11 Å². The SMILES string of the molecule is COc1cc(-c2ccc(NC3CC(C(=O)O)CCO3)cc2COC2CC2)c(F)c(OC)c1C. The highest BCUT2D eigenvalue weighted by Crippen LogP contribution is 2.40. The van der Waals surface area contributed by atoms with Crippen molar-refractivity contribution >= 4 is 11.7 Å². The fourth-order valence-corrected chi connectivity index (χ4v) is 4.17. The molecule has 0 aromatic heterocycles. The molecule has 2 N–H and O–H groups in total. The van der Waals surface area contributed by atoms with E-state index in [-0.39, 0.29) is 11.9 Å². The van der Waals surface area contributed by atoms with Crippen LogP contribution in [0.2, 0.25) is 0 Å². The van der Waals surface area contributed by atoms with Crippen molar-refractivity contribution in [3.8, 4) is 22.6 Å². The molecule has 2 aliphatic rings. The maximum Gasteiger partial charge on any atom is 0.306 e. The maximum atomic E-state index is 15.4. The Morgan fingerprint density at radius 2 is 1.97 bits per heavy atom. The molecule has 2 fully saturated rings. The van der Waals surface area contributed by atoms with E-state index in [1.807, 2.05) is 18.2 Å². The molecule has 2 atom stereocenters. The number of halogens is 1. The fraction of sp³-hybridized carbons (Fsp3) is 0.480. The summed E-state index contributed by atoms with van der Waals surface area (Å²) in [6.45, 7) is 2.47. The lowest BCUT2D eigenvalue weighted by Crippen LogP contribution is -2.35.